The summed E-state index contributed by atoms with van der Waals surface area (Å²) < 4.78 is 5.29. The number of amides is 3. The second-order valence-electron chi connectivity index (χ2n) is 8.36. The summed E-state index contributed by atoms with van der Waals surface area (Å²) >= 11 is 5.92. The molecule has 4 rings (SSSR count). The number of halogens is 1. The zero-order valence-electron chi connectivity index (χ0n) is 17.6. The number of likely N-dealkylation sites (tertiary alicyclic amines) is 1. The molecule has 1 N–H and O–H groups in total. The van der Waals surface area contributed by atoms with Crippen LogP contribution in [-0.4, -0.2) is 103 Å². The molecule has 0 radical (unpaired) electrons. The Hall–Kier alpha value is -1.87. The fraction of sp³-hybridized carbons (Fsp3) is 0.619. The lowest BCUT2D eigenvalue weighted by atomic mass is 9.93. The maximum Gasteiger partial charge on any atom is 0.321 e. The van der Waals surface area contributed by atoms with Gasteiger partial charge in [-0.15, -0.1) is 0 Å². The third-order valence-electron chi connectivity index (χ3n) is 6.64. The van der Waals surface area contributed by atoms with Crippen molar-refractivity contribution < 1.29 is 14.3 Å². The van der Waals surface area contributed by atoms with Gasteiger partial charge in [-0.05, 0) is 31.3 Å². The molecule has 164 valence electrons. The van der Waals surface area contributed by atoms with Gasteiger partial charge in [0.25, 0.3) is 0 Å². The molecule has 3 saturated heterocycles. The van der Waals surface area contributed by atoms with E-state index in [1.807, 2.05) is 9.80 Å². The lowest BCUT2D eigenvalue weighted by molar-refractivity contribution is -0.134. The van der Waals surface area contributed by atoms with Gasteiger partial charge < -0.3 is 24.8 Å². The van der Waals surface area contributed by atoms with Crippen LogP contribution in [0.15, 0.2) is 24.3 Å². The number of urea groups is 1. The molecule has 0 bridgehead atoms. The number of hydrogen-bond donors (Lipinski definition) is 1. The Morgan fingerprint density at radius 2 is 1.90 bits per heavy atom. The molecule has 1 spiro atoms. The van der Waals surface area contributed by atoms with E-state index in [1.165, 1.54) is 0 Å². The summed E-state index contributed by atoms with van der Waals surface area (Å²) in [7, 11) is 3.73. The summed E-state index contributed by atoms with van der Waals surface area (Å²) in [5, 5.41) is 3.58. The zero-order chi connectivity index (χ0) is 21.3. The summed E-state index contributed by atoms with van der Waals surface area (Å²) in [4.78, 5) is 34.5. The first-order valence-corrected chi connectivity index (χ1v) is 10.9. The van der Waals surface area contributed by atoms with Gasteiger partial charge in [-0.1, -0.05) is 11.6 Å². The van der Waals surface area contributed by atoms with Crippen molar-refractivity contribution in [2.45, 2.75) is 24.5 Å². The Balaban J connectivity index is 1.46. The molecule has 30 heavy (non-hydrogen) atoms. The minimum atomic E-state index is -0.321. The van der Waals surface area contributed by atoms with Gasteiger partial charge in [0.1, 0.15) is 11.7 Å². The van der Waals surface area contributed by atoms with Gasteiger partial charge in [-0.25, -0.2) is 4.79 Å². The number of anilines is 1. The maximum absolute atomic E-state index is 13.2. The molecule has 0 aromatic heterocycles. The normalized spacial score (nSPS) is 24.4. The monoisotopic (exact) mass is 435 g/mol. The van der Waals surface area contributed by atoms with E-state index in [1.54, 1.807) is 31.4 Å². The molecule has 3 amide bonds. The van der Waals surface area contributed by atoms with Crippen molar-refractivity contribution in [2.75, 3.05) is 65.3 Å². The smallest absolute Gasteiger partial charge is 0.321 e. The fourth-order valence-corrected chi connectivity index (χ4v) is 5.16. The van der Waals surface area contributed by atoms with Crippen molar-refractivity contribution in [1.82, 2.24) is 19.6 Å². The van der Waals surface area contributed by atoms with Crippen molar-refractivity contribution >= 4 is 29.2 Å². The van der Waals surface area contributed by atoms with E-state index < -0.39 is 0 Å². The zero-order valence-corrected chi connectivity index (χ0v) is 18.4. The second kappa shape index (κ2) is 8.70. The van der Waals surface area contributed by atoms with E-state index in [0.29, 0.717) is 31.3 Å². The molecule has 3 heterocycles. The molecule has 1 aromatic rings. The predicted molar refractivity (Wildman–Crippen MR) is 116 cm³/mol. The van der Waals surface area contributed by atoms with Crippen LogP contribution in [0.3, 0.4) is 0 Å². The molecular weight excluding hydrogens is 406 g/mol. The van der Waals surface area contributed by atoms with Gasteiger partial charge in [0.2, 0.25) is 5.91 Å². The van der Waals surface area contributed by atoms with Crippen LogP contribution < -0.4 is 5.32 Å². The lowest BCUT2D eigenvalue weighted by Crippen LogP contribution is -2.64. The number of piperazine rings is 1. The number of nitrogens with zero attached hydrogens (tertiary/aromatic N) is 4. The highest BCUT2D eigenvalue weighted by atomic mass is 35.5. The Bertz CT molecular complexity index is 781. The number of carbonyl (C=O) groups is 2. The second-order valence-corrected chi connectivity index (χ2v) is 8.80. The summed E-state index contributed by atoms with van der Waals surface area (Å²) in [5.41, 5.74) is 0.403. The van der Waals surface area contributed by atoms with Gasteiger partial charge in [0, 0.05) is 69.9 Å². The lowest BCUT2D eigenvalue weighted by Gasteiger charge is -2.50. The first-order chi connectivity index (χ1) is 14.4. The third kappa shape index (κ3) is 3.89. The average molecular weight is 436 g/mol. The first-order valence-electron chi connectivity index (χ1n) is 10.5. The molecule has 1 atom stereocenters. The summed E-state index contributed by atoms with van der Waals surface area (Å²) in [6, 6.07) is 6.89. The number of ether oxygens (including phenoxy) is 1. The van der Waals surface area contributed by atoms with Gasteiger partial charge >= 0.3 is 6.03 Å². The van der Waals surface area contributed by atoms with Crippen LogP contribution in [-0.2, 0) is 9.53 Å². The van der Waals surface area contributed by atoms with Crippen LogP contribution >= 0.6 is 11.6 Å². The number of benzene rings is 1. The highest BCUT2D eigenvalue weighted by Crippen LogP contribution is 2.41. The molecule has 3 aliphatic heterocycles. The number of fused-ring (bicyclic) bond motifs is 2. The number of rotatable bonds is 4. The highest BCUT2D eigenvalue weighted by molar-refractivity contribution is 6.30. The number of hydrogen-bond acceptors (Lipinski definition) is 5. The molecule has 3 aliphatic rings. The Morgan fingerprint density at radius 3 is 2.57 bits per heavy atom. The van der Waals surface area contributed by atoms with E-state index in [-0.39, 0.29) is 23.6 Å². The number of piperidine rings is 1. The largest absolute Gasteiger partial charge is 0.383 e. The van der Waals surface area contributed by atoms with Crippen molar-refractivity contribution in [3.05, 3.63) is 29.3 Å². The molecule has 8 nitrogen and oxygen atoms in total. The minimum absolute atomic E-state index is 0.102. The van der Waals surface area contributed by atoms with Crippen LogP contribution in [0.5, 0.6) is 0 Å². The SMILES string of the molecule is COCCN1C(=O)[C@H]2CN(C)CCN2C12CCN(C(=O)Nc1ccc(Cl)cc1)CC2. The van der Waals surface area contributed by atoms with Gasteiger partial charge in [0.15, 0.2) is 0 Å². The van der Waals surface area contributed by atoms with E-state index >= 15 is 0 Å². The molecule has 1 aromatic carbocycles. The van der Waals surface area contributed by atoms with Crippen molar-refractivity contribution in [3.63, 3.8) is 0 Å². The Morgan fingerprint density at radius 1 is 1.20 bits per heavy atom. The number of likely N-dealkylation sites (N-methyl/N-ethyl adjacent to an activating group) is 1. The first kappa shape index (κ1) is 21.4. The molecular formula is C21H30ClN5O3. The van der Waals surface area contributed by atoms with Crippen molar-refractivity contribution in [2.24, 2.45) is 0 Å². The molecule has 0 saturated carbocycles. The number of methoxy groups -OCH3 is 1. The van der Waals surface area contributed by atoms with Gasteiger partial charge in [-0.2, -0.15) is 0 Å². The molecule has 3 fully saturated rings. The molecule has 9 heteroatoms. The molecule has 0 aliphatic carbocycles. The van der Waals surface area contributed by atoms with E-state index in [2.05, 4.69) is 22.2 Å². The maximum atomic E-state index is 13.2. The Kier molecular flexibility index (Phi) is 6.20. The van der Waals surface area contributed by atoms with E-state index in [9.17, 15) is 9.59 Å². The third-order valence-corrected chi connectivity index (χ3v) is 6.89. The summed E-state index contributed by atoms with van der Waals surface area (Å²) in [6.07, 6.45) is 1.49. The fourth-order valence-electron chi connectivity index (χ4n) is 5.03. The number of nitrogens with one attached hydrogen (secondary N) is 1. The summed E-state index contributed by atoms with van der Waals surface area (Å²) in [6.45, 7) is 4.89. The van der Waals surface area contributed by atoms with Crippen LogP contribution in [0.1, 0.15) is 12.8 Å². The topological polar surface area (TPSA) is 68.4 Å². The van der Waals surface area contributed by atoms with Gasteiger partial charge in [-0.3, -0.25) is 9.69 Å². The van der Waals surface area contributed by atoms with E-state index in [4.69, 9.17) is 16.3 Å². The number of carbonyl (C=O) groups excluding carboxylic acids is 2. The van der Waals surface area contributed by atoms with Crippen LogP contribution in [0, 0.1) is 0 Å². The minimum Gasteiger partial charge on any atom is -0.383 e. The average Bonchev–Trinajstić information content (AvgIpc) is 2.96. The van der Waals surface area contributed by atoms with Crippen LogP contribution in [0.4, 0.5) is 10.5 Å². The van der Waals surface area contributed by atoms with Crippen molar-refractivity contribution in [3.8, 4) is 0 Å². The van der Waals surface area contributed by atoms with Crippen LogP contribution in [0.25, 0.3) is 0 Å². The molecule has 0 unspecified atom stereocenters. The van der Waals surface area contributed by atoms with Crippen molar-refractivity contribution in [1.29, 1.82) is 0 Å². The van der Waals surface area contributed by atoms with Crippen LogP contribution in [0.2, 0.25) is 5.02 Å². The predicted octanol–water partition coefficient (Wildman–Crippen LogP) is 1.77. The Labute approximate surface area is 182 Å². The standard InChI is InChI=1S/C21H30ClN5O3/c1-24-11-12-26-18(15-24)19(28)27(13-14-30-2)21(26)7-9-25(10-8-21)20(29)23-17-5-3-16(22)4-6-17/h3-6,18H,7-15H2,1-2H3,(H,23,29)/t18-/m1/s1. The van der Waals surface area contributed by atoms with E-state index in [0.717, 1.165) is 38.2 Å². The summed E-state index contributed by atoms with van der Waals surface area (Å²) in [5.74, 6) is 0.192. The highest BCUT2D eigenvalue weighted by Gasteiger charge is 2.58. The quantitative estimate of drug-likeness (QED) is 0.780. The van der Waals surface area contributed by atoms with Gasteiger partial charge in [0.05, 0.1) is 6.61 Å².